The molecule has 0 radical (unpaired) electrons. The fraction of sp³-hybridized carbons (Fsp3) is 0.269. The molecule has 2 N–H and O–H groups in total. The molecule has 0 spiro atoms. The Morgan fingerprint density at radius 2 is 1.59 bits per heavy atom. The number of aliphatic hydroxyl groups is 1. The third-order valence-corrected chi connectivity index (χ3v) is 6.55. The van der Waals surface area contributed by atoms with Crippen LogP contribution < -0.4 is 5.32 Å². The molecule has 3 aromatic carbocycles. The van der Waals surface area contributed by atoms with E-state index in [1.807, 2.05) is 0 Å². The maximum absolute atomic E-state index is 13.2. The predicted molar refractivity (Wildman–Crippen MR) is 118 cm³/mol. The zero-order chi connectivity index (χ0) is 24.1. The number of hydrogen-bond acceptors (Lipinski definition) is 3. The quantitative estimate of drug-likeness (QED) is 0.490. The molecule has 34 heavy (non-hydrogen) atoms. The van der Waals surface area contributed by atoms with Crippen LogP contribution in [0.1, 0.15) is 29.5 Å². The summed E-state index contributed by atoms with van der Waals surface area (Å²) < 4.78 is 58.2. The monoisotopic (exact) mass is 471 g/mol. The van der Waals surface area contributed by atoms with E-state index in [4.69, 9.17) is 4.74 Å². The smallest absolute Gasteiger partial charge is 0.385 e. The van der Waals surface area contributed by atoms with E-state index in [1.165, 1.54) is 30.3 Å². The fourth-order valence-corrected chi connectivity index (χ4v) is 4.23. The summed E-state index contributed by atoms with van der Waals surface area (Å²) in [5.41, 5.74) is -0.409. The number of carbonyl (C=O) groups is 1. The zero-order valence-electron chi connectivity index (χ0n) is 18.0. The number of anilines is 1. The number of benzene rings is 3. The van der Waals surface area contributed by atoms with Crippen molar-refractivity contribution in [2.45, 2.75) is 30.0 Å². The van der Waals surface area contributed by atoms with Crippen LogP contribution in [-0.4, -0.2) is 24.2 Å². The van der Waals surface area contributed by atoms with Crippen LogP contribution in [0.4, 0.5) is 23.2 Å². The summed E-state index contributed by atoms with van der Waals surface area (Å²) in [4.78, 5) is 13.1. The van der Waals surface area contributed by atoms with Gasteiger partial charge in [0, 0.05) is 5.69 Å². The van der Waals surface area contributed by atoms with Crippen molar-refractivity contribution in [2.24, 2.45) is 0 Å². The van der Waals surface area contributed by atoms with Gasteiger partial charge >= 0.3 is 6.18 Å². The van der Waals surface area contributed by atoms with Crippen molar-refractivity contribution >= 4 is 11.6 Å². The molecule has 0 aromatic heterocycles. The van der Waals surface area contributed by atoms with Gasteiger partial charge in [-0.1, -0.05) is 30.3 Å². The SMILES string of the molecule is O=C(Nc1ccc(F)cc1)C1(c2ccc(-c3ccc(C(F)(F)F)cc3C3(O)CC3)cc2)COC1. The molecule has 0 unspecified atom stereocenters. The minimum absolute atomic E-state index is 0.171. The standard InChI is InChI=1S/C26H21F4NO3/c27-19-6-8-20(9-7-19)31-23(32)24(14-34-15-24)17-3-1-16(2-4-17)21-10-5-18(26(28,29)30)13-22(21)25(33)11-12-25/h1-10,13,33H,11-12,14-15H2,(H,31,32). The van der Waals surface area contributed by atoms with Crippen LogP contribution in [0.15, 0.2) is 66.7 Å². The first-order chi connectivity index (χ1) is 16.1. The molecule has 1 aliphatic carbocycles. The minimum Gasteiger partial charge on any atom is -0.385 e. The van der Waals surface area contributed by atoms with Crippen molar-refractivity contribution < 1.29 is 32.2 Å². The van der Waals surface area contributed by atoms with Gasteiger partial charge in [-0.3, -0.25) is 4.79 Å². The number of alkyl halides is 3. The number of amides is 1. The van der Waals surface area contributed by atoms with Gasteiger partial charge in [0.25, 0.3) is 0 Å². The normalized spacial score (nSPS) is 18.1. The first-order valence-corrected chi connectivity index (χ1v) is 10.8. The number of carbonyl (C=O) groups excluding carboxylic acids is 1. The molecule has 0 atom stereocenters. The van der Waals surface area contributed by atoms with Crippen molar-refractivity contribution in [3.63, 3.8) is 0 Å². The molecule has 8 heteroatoms. The number of halogens is 4. The lowest BCUT2D eigenvalue weighted by Crippen LogP contribution is -2.55. The number of ether oxygens (including phenoxy) is 1. The van der Waals surface area contributed by atoms with E-state index in [0.717, 1.165) is 12.1 Å². The molecule has 1 amide bonds. The lowest BCUT2D eigenvalue weighted by Gasteiger charge is -2.40. The van der Waals surface area contributed by atoms with Gasteiger partial charge < -0.3 is 15.2 Å². The number of rotatable bonds is 5. The Balaban J connectivity index is 1.44. The maximum Gasteiger partial charge on any atom is 0.416 e. The second-order valence-electron chi connectivity index (χ2n) is 8.90. The summed E-state index contributed by atoms with van der Waals surface area (Å²) in [6.07, 6.45) is -3.69. The average Bonchev–Trinajstić information content (AvgIpc) is 3.52. The average molecular weight is 471 g/mol. The van der Waals surface area contributed by atoms with Crippen LogP contribution in [0, 0.1) is 5.82 Å². The molecule has 4 nitrogen and oxygen atoms in total. The molecular formula is C26H21F4NO3. The van der Waals surface area contributed by atoms with Gasteiger partial charge in [0.1, 0.15) is 11.2 Å². The van der Waals surface area contributed by atoms with E-state index in [1.54, 1.807) is 24.3 Å². The van der Waals surface area contributed by atoms with Crippen LogP contribution in [0.25, 0.3) is 11.1 Å². The minimum atomic E-state index is -4.50. The second-order valence-corrected chi connectivity index (χ2v) is 8.90. The highest BCUT2D eigenvalue weighted by Gasteiger charge is 2.48. The first-order valence-electron chi connectivity index (χ1n) is 10.8. The van der Waals surface area contributed by atoms with E-state index in [0.29, 0.717) is 35.2 Å². The summed E-state index contributed by atoms with van der Waals surface area (Å²) >= 11 is 0. The molecule has 0 bridgehead atoms. The maximum atomic E-state index is 13.2. The molecular weight excluding hydrogens is 450 g/mol. The third kappa shape index (κ3) is 3.97. The van der Waals surface area contributed by atoms with Crippen LogP contribution in [-0.2, 0) is 26.7 Å². The van der Waals surface area contributed by atoms with Gasteiger partial charge in [0.2, 0.25) is 5.91 Å². The Labute approximate surface area is 193 Å². The number of hydrogen-bond donors (Lipinski definition) is 2. The predicted octanol–water partition coefficient (Wildman–Crippen LogP) is 5.40. The van der Waals surface area contributed by atoms with Crippen molar-refractivity contribution in [3.05, 3.63) is 89.2 Å². The second kappa shape index (κ2) is 7.92. The van der Waals surface area contributed by atoms with Gasteiger partial charge in [-0.05, 0) is 71.5 Å². The zero-order valence-corrected chi connectivity index (χ0v) is 18.0. The molecule has 5 rings (SSSR count). The van der Waals surface area contributed by atoms with Crippen molar-refractivity contribution in [1.82, 2.24) is 0 Å². The van der Waals surface area contributed by atoms with Crippen LogP contribution >= 0.6 is 0 Å². The molecule has 1 aliphatic heterocycles. The highest BCUT2D eigenvalue weighted by molar-refractivity contribution is 6.00. The van der Waals surface area contributed by atoms with Crippen LogP contribution in [0.2, 0.25) is 0 Å². The van der Waals surface area contributed by atoms with Gasteiger partial charge in [-0.15, -0.1) is 0 Å². The molecule has 2 fully saturated rings. The van der Waals surface area contributed by atoms with Gasteiger partial charge in [0.15, 0.2) is 0 Å². The lowest BCUT2D eigenvalue weighted by molar-refractivity contribution is -0.139. The largest absolute Gasteiger partial charge is 0.416 e. The van der Waals surface area contributed by atoms with Gasteiger partial charge in [-0.25, -0.2) is 4.39 Å². The molecule has 3 aromatic rings. The van der Waals surface area contributed by atoms with E-state index < -0.39 is 28.6 Å². The molecule has 1 saturated carbocycles. The lowest BCUT2D eigenvalue weighted by atomic mass is 9.77. The Hall–Kier alpha value is -3.23. The van der Waals surface area contributed by atoms with E-state index in [9.17, 15) is 27.5 Å². The Kier molecular flexibility index (Phi) is 5.26. The Bertz CT molecular complexity index is 1230. The number of nitrogens with one attached hydrogen (secondary N) is 1. The van der Waals surface area contributed by atoms with E-state index in [2.05, 4.69) is 5.32 Å². The summed E-state index contributed by atoms with van der Waals surface area (Å²) in [5, 5.41) is 13.4. The molecule has 1 saturated heterocycles. The fourth-order valence-electron chi connectivity index (χ4n) is 4.23. The summed E-state index contributed by atoms with van der Waals surface area (Å²) in [7, 11) is 0. The molecule has 176 valence electrons. The molecule has 2 aliphatic rings. The van der Waals surface area contributed by atoms with Gasteiger partial charge in [0.05, 0.1) is 24.4 Å². The molecule has 1 heterocycles. The summed E-state index contributed by atoms with van der Waals surface area (Å²) in [5.74, 6) is -0.700. The van der Waals surface area contributed by atoms with Crippen LogP contribution in [0.3, 0.4) is 0 Å². The van der Waals surface area contributed by atoms with E-state index in [-0.39, 0.29) is 24.7 Å². The van der Waals surface area contributed by atoms with E-state index >= 15 is 0 Å². The van der Waals surface area contributed by atoms with Crippen molar-refractivity contribution in [2.75, 3.05) is 18.5 Å². The van der Waals surface area contributed by atoms with Gasteiger partial charge in [-0.2, -0.15) is 13.2 Å². The highest BCUT2D eigenvalue weighted by atomic mass is 19.4. The Morgan fingerprint density at radius 1 is 0.941 bits per heavy atom. The highest BCUT2D eigenvalue weighted by Crippen LogP contribution is 2.50. The summed E-state index contributed by atoms with van der Waals surface area (Å²) in [6.45, 7) is 0.343. The topological polar surface area (TPSA) is 58.6 Å². The van der Waals surface area contributed by atoms with Crippen molar-refractivity contribution in [1.29, 1.82) is 0 Å². The summed E-state index contributed by atoms with van der Waals surface area (Å²) in [6, 6.07) is 15.8. The Morgan fingerprint density at radius 3 is 2.12 bits per heavy atom. The van der Waals surface area contributed by atoms with Crippen molar-refractivity contribution in [3.8, 4) is 11.1 Å². The third-order valence-electron chi connectivity index (χ3n) is 6.55. The first kappa shape index (κ1) is 22.6. The van der Waals surface area contributed by atoms with Crippen LogP contribution in [0.5, 0.6) is 0 Å².